The van der Waals surface area contributed by atoms with Gasteiger partial charge in [0.05, 0.1) is 5.69 Å². The van der Waals surface area contributed by atoms with E-state index in [2.05, 4.69) is 31.2 Å². The Hall–Kier alpha value is -1.63. The van der Waals surface area contributed by atoms with Gasteiger partial charge in [0.1, 0.15) is 5.82 Å². The Balaban J connectivity index is 2.88. The highest BCUT2D eigenvalue weighted by Gasteiger charge is 2.03. The van der Waals surface area contributed by atoms with Gasteiger partial charge in [-0.05, 0) is 18.2 Å². The first-order valence-corrected chi connectivity index (χ1v) is 5.10. The number of nitrogens with two attached hydrogens (primary N) is 2. The zero-order chi connectivity index (χ0) is 12.1. The molecule has 86 valence electrons. The van der Waals surface area contributed by atoms with Gasteiger partial charge in [-0.2, -0.15) is 4.99 Å². The van der Waals surface area contributed by atoms with Crippen molar-refractivity contribution in [2.75, 3.05) is 12.4 Å². The molecule has 0 atom stereocenters. The van der Waals surface area contributed by atoms with Crippen molar-refractivity contribution in [3.05, 3.63) is 28.5 Å². The number of benzene rings is 1. The fourth-order valence-electron chi connectivity index (χ4n) is 0.933. The van der Waals surface area contributed by atoms with E-state index in [1.54, 1.807) is 6.07 Å². The maximum Gasteiger partial charge on any atom is 0.218 e. The van der Waals surface area contributed by atoms with Gasteiger partial charge in [0, 0.05) is 11.5 Å². The molecule has 5 N–H and O–H groups in total. The van der Waals surface area contributed by atoms with E-state index in [9.17, 15) is 4.39 Å². The summed E-state index contributed by atoms with van der Waals surface area (Å²) in [5.41, 5.74) is 11.0. The average Bonchev–Trinajstić information content (AvgIpc) is 2.23. The molecule has 0 unspecified atom stereocenters. The van der Waals surface area contributed by atoms with E-state index in [1.165, 1.54) is 19.2 Å². The van der Waals surface area contributed by atoms with Gasteiger partial charge in [-0.15, -0.1) is 0 Å². The summed E-state index contributed by atoms with van der Waals surface area (Å²) in [6.45, 7) is 0. The first kappa shape index (κ1) is 12.4. The van der Waals surface area contributed by atoms with Gasteiger partial charge < -0.3 is 16.8 Å². The monoisotopic (exact) mass is 287 g/mol. The van der Waals surface area contributed by atoms with Gasteiger partial charge in [-0.25, -0.2) is 4.39 Å². The number of rotatable bonds is 1. The minimum absolute atomic E-state index is 0.0143. The molecule has 0 aromatic heterocycles. The van der Waals surface area contributed by atoms with E-state index in [-0.39, 0.29) is 17.6 Å². The van der Waals surface area contributed by atoms with Crippen LogP contribution >= 0.6 is 15.9 Å². The molecule has 0 fully saturated rings. The lowest BCUT2D eigenvalue weighted by Crippen LogP contribution is -2.26. The molecular weight excluding hydrogens is 277 g/mol. The van der Waals surface area contributed by atoms with Crippen molar-refractivity contribution in [3.8, 4) is 0 Å². The predicted molar refractivity (Wildman–Crippen MR) is 66.9 cm³/mol. The molecule has 0 aliphatic rings. The van der Waals surface area contributed by atoms with Crippen LogP contribution in [0.4, 0.5) is 10.1 Å². The van der Waals surface area contributed by atoms with Gasteiger partial charge in [0.2, 0.25) is 11.9 Å². The third-order valence-corrected chi connectivity index (χ3v) is 2.15. The van der Waals surface area contributed by atoms with Gasteiger partial charge in [-0.1, -0.05) is 15.9 Å². The number of nitrogens with zero attached hydrogens (tertiary/aromatic N) is 2. The van der Waals surface area contributed by atoms with Gasteiger partial charge >= 0.3 is 0 Å². The van der Waals surface area contributed by atoms with Gasteiger partial charge in [0.25, 0.3) is 0 Å². The summed E-state index contributed by atoms with van der Waals surface area (Å²) in [5, 5.41) is 2.58. The smallest absolute Gasteiger partial charge is 0.218 e. The van der Waals surface area contributed by atoms with Crippen molar-refractivity contribution in [2.24, 2.45) is 21.5 Å². The molecular formula is C9H11BrFN5. The molecule has 16 heavy (non-hydrogen) atoms. The second-order valence-corrected chi connectivity index (χ2v) is 3.74. The van der Waals surface area contributed by atoms with Crippen molar-refractivity contribution >= 4 is 33.5 Å². The Labute approximate surface area is 101 Å². The molecule has 7 heteroatoms. The van der Waals surface area contributed by atoms with Crippen molar-refractivity contribution in [3.63, 3.8) is 0 Å². The largest absolute Gasteiger partial charge is 0.369 e. The second-order valence-electron chi connectivity index (χ2n) is 2.83. The Morgan fingerprint density at radius 1 is 1.44 bits per heavy atom. The lowest BCUT2D eigenvalue weighted by molar-refractivity contribution is 0.632. The lowest BCUT2D eigenvalue weighted by atomic mass is 10.3. The normalized spacial score (nSPS) is 12.7. The molecule has 0 heterocycles. The summed E-state index contributed by atoms with van der Waals surface area (Å²) in [5.74, 6) is -0.450. The van der Waals surface area contributed by atoms with Crippen LogP contribution in [0.2, 0.25) is 0 Å². The van der Waals surface area contributed by atoms with Crippen LogP contribution in [-0.4, -0.2) is 19.0 Å². The van der Waals surface area contributed by atoms with Crippen LogP contribution < -0.4 is 16.8 Å². The van der Waals surface area contributed by atoms with E-state index < -0.39 is 5.82 Å². The number of nitrogens with one attached hydrogen (secondary N) is 1. The number of anilines is 1. The van der Waals surface area contributed by atoms with E-state index in [1.807, 2.05) is 0 Å². The number of hydrogen-bond donors (Lipinski definition) is 3. The minimum Gasteiger partial charge on any atom is -0.369 e. The van der Waals surface area contributed by atoms with Crippen LogP contribution in [0.1, 0.15) is 0 Å². The predicted octanol–water partition coefficient (Wildman–Crippen LogP) is 1.26. The first-order valence-electron chi connectivity index (χ1n) is 4.31. The number of halogens is 2. The van der Waals surface area contributed by atoms with Crippen LogP contribution in [-0.2, 0) is 0 Å². The van der Waals surface area contributed by atoms with Crippen molar-refractivity contribution in [1.82, 2.24) is 0 Å². The number of aliphatic imine (C=N–C) groups is 2. The standard InChI is InChI=1S/C9H11BrFN5/c1-14-8(12)16-9(13)15-7-4-5(10)2-3-6(7)11/h2-4H,1H3,(H5,12,13,14,15,16). The molecule has 5 nitrogen and oxygen atoms in total. The highest BCUT2D eigenvalue weighted by Crippen LogP contribution is 2.19. The van der Waals surface area contributed by atoms with Crippen molar-refractivity contribution in [1.29, 1.82) is 0 Å². The fraction of sp³-hybridized carbons (Fsp3) is 0.111. The quantitative estimate of drug-likeness (QED) is 0.537. The SMILES string of the molecule is CN=C(N)/N=C(\N)Nc1cc(Br)ccc1F. The fourth-order valence-corrected chi connectivity index (χ4v) is 1.29. The van der Waals surface area contributed by atoms with Gasteiger partial charge in [0.15, 0.2) is 0 Å². The topological polar surface area (TPSA) is 88.8 Å². The average molecular weight is 288 g/mol. The molecule has 0 aliphatic carbocycles. The number of guanidine groups is 2. The van der Waals surface area contributed by atoms with Crippen LogP contribution in [0.15, 0.2) is 32.7 Å². The highest BCUT2D eigenvalue weighted by atomic mass is 79.9. The zero-order valence-corrected chi connectivity index (χ0v) is 10.1. The molecule has 0 saturated heterocycles. The third-order valence-electron chi connectivity index (χ3n) is 1.66. The van der Waals surface area contributed by atoms with Gasteiger partial charge in [-0.3, -0.25) is 4.99 Å². The third kappa shape index (κ3) is 3.50. The summed E-state index contributed by atoms with van der Waals surface area (Å²) in [6.07, 6.45) is 0. The van der Waals surface area contributed by atoms with E-state index in [0.29, 0.717) is 0 Å². The van der Waals surface area contributed by atoms with Crippen LogP contribution in [0.5, 0.6) is 0 Å². The summed E-state index contributed by atoms with van der Waals surface area (Å²) in [4.78, 5) is 7.28. The Morgan fingerprint density at radius 2 is 2.12 bits per heavy atom. The maximum atomic E-state index is 13.3. The molecule has 0 amide bonds. The maximum absolute atomic E-state index is 13.3. The summed E-state index contributed by atoms with van der Waals surface area (Å²) in [6, 6.07) is 4.42. The minimum atomic E-state index is -0.437. The van der Waals surface area contributed by atoms with Crippen LogP contribution in [0.3, 0.4) is 0 Å². The molecule has 1 aromatic carbocycles. The van der Waals surface area contributed by atoms with Crippen LogP contribution in [0.25, 0.3) is 0 Å². The molecule has 0 aliphatic heterocycles. The van der Waals surface area contributed by atoms with E-state index >= 15 is 0 Å². The lowest BCUT2D eigenvalue weighted by Gasteiger charge is -2.06. The molecule has 0 spiro atoms. The highest BCUT2D eigenvalue weighted by molar-refractivity contribution is 9.10. The summed E-state index contributed by atoms with van der Waals surface area (Å²) >= 11 is 3.21. The summed E-state index contributed by atoms with van der Waals surface area (Å²) < 4.78 is 14.0. The molecule has 1 aromatic rings. The zero-order valence-electron chi connectivity index (χ0n) is 8.54. The van der Waals surface area contributed by atoms with Crippen LogP contribution in [0, 0.1) is 5.82 Å². The Morgan fingerprint density at radius 3 is 2.75 bits per heavy atom. The Bertz CT molecular complexity index is 444. The second kappa shape index (κ2) is 5.45. The molecule has 0 bridgehead atoms. The Kier molecular flexibility index (Phi) is 4.24. The van der Waals surface area contributed by atoms with E-state index in [4.69, 9.17) is 11.5 Å². The van der Waals surface area contributed by atoms with E-state index in [0.717, 1.165) is 4.47 Å². The molecule has 0 radical (unpaired) electrons. The summed E-state index contributed by atoms with van der Waals surface area (Å²) in [7, 11) is 1.48. The van der Waals surface area contributed by atoms with Crippen molar-refractivity contribution in [2.45, 2.75) is 0 Å². The van der Waals surface area contributed by atoms with Crippen molar-refractivity contribution < 1.29 is 4.39 Å². The molecule has 0 saturated carbocycles. The molecule has 1 rings (SSSR count). The number of hydrogen-bond acceptors (Lipinski definition) is 1. The first-order chi connectivity index (χ1) is 7.52.